The molecular formula is C15H32N2. The highest BCUT2D eigenvalue weighted by molar-refractivity contribution is 4.92. The molecule has 2 nitrogen and oxygen atoms in total. The first kappa shape index (κ1) is 15.0. The number of hydrogen-bond donors (Lipinski definition) is 1. The molecular weight excluding hydrogens is 208 g/mol. The van der Waals surface area contributed by atoms with Crippen LogP contribution in [0.1, 0.15) is 60.3 Å². The fourth-order valence-corrected chi connectivity index (χ4v) is 3.32. The third kappa shape index (κ3) is 3.45. The summed E-state index contributed by atoms with van der Waals surface area (Å²) >= 11 is 0. The first-order chi connectivity index (χ1) is 8.12. The van der Waals surface area contributed by atoms with Crippen LogP contribution in [0.3, 0.4) is 0 Å². The molecule has 102 valence electrons. The van der Waals surface area contributed by atoms with Gasteiger partial charge >= 0.3 is 0 Å². The Labute approximate surface area is 108 Å². The van der Waals surface area contributed by atoms with E-state index in [0.717, 1.165) is 6.54 Å². The van der Waals surface area contributed by atoms with Gasteiger partial charge in [0.25, 0.3) is 0 Å². The average Bonchev–Trinajstić information content (AvgIpc) is 2.80. The second-order valence-electron chi connectivity index (χ2n) is 5.74. The third-order valence-corrected chi connectivity index (χ3v) is 5.03. The molecule has 0 bridgehead atoms. The summed E-state index contributed by atoms with van der Waals surface area (Å²) in [4.78, 5) is 2.71. The highest BCUT2D eigenvalue weighted by atomic mass is 15.2. The molecule has 0 saturated carbocycles. The van der Waals surface area contributed by atoms with E-state index < -0.39 is 0 Å². The van der Waals surface area contributed by atoms with Crippen LogP contribution in [0.25, 0.3) is 0 Å². The number of hydrogen-bond acceptors (Lipinski definition) is 2. The van der Waals surface area contributed by atoms with Crippen molar-refractivity contribution in [1.82, 2.24) is 10.2 Å². The minimum Gasteiger partial charge on any atom is -0.313 e. The van der Waals surface area contributed by atoms with Crippen LogP contribution in [-0.4, -0.2) is 36.6 Å². The minimum atomic E-state index is 0.610. The van der Waals surface area contributed by atoms with Crippen molar-refractivity contribution < 1.29 is 0 Å². The molecule has 0 aromatic heterocycles. The molecule has 0 radical (unpaired) electrons. The molecule has 0 amide bonds. The van der Waals surface area contributed by atoms with E-state index in [9.17, 15) is 0 Å². The highest BCUT2D eigenvalue weighted by Crippen LogP contribution is 2.38. The second-order valence-corrected chi connectivity index (χ2v) is 5.74. The molecule has 2 unspecified atom stereocenters. The van der Waals surface area contributed by atoms with Crippen LogP contribution in [0.2, 0.25) is 0 Å². The molecule has 1 aliphatic rings. The first-order valence-electron chi connectivity index (χ1n) is 7.59. The molecule has 17 heavy (non-hydrogen) atoms. The van der Waals surface area contributed by atoms with E-state index in [0.29, 0.717) is 17.5 Å². The smallest absolute Gasteiger partial charge is 0.0221 e. The van der Waals surface area contributed by atoms with Gasteiger partial charge in [-0.3, -0.25) is 4.90 Å². The lowest BCUT2D eigenvalue weighted by atomic mass is 9.82. The second kappa shape index (κ2) is 6.75. The molecule has 2 heteroatoms. The van der Waals surface area contributed by atoms with Gasteiger partial charge < -0.3 is 5.32 Å². The molecule has 1 N–H and O–H groups in total. The normalized spacial score (nSPS) is 23.8. The van der Waals surface area contributed by atoms with Crippen LogP contribution in [-0.2, 0) is 0 Å². The molecule has 0 aromatic carbocycles. The van der Waals surface area contributed by atoms with Crippen LogP contribution in [0.15, 0.2) is 0 Å². The van der Waals surface area contributed by atoms with Crippen LogP contribution in [0.4, 0.5) is 0 Å². The Kier molecular flexibility index (Phi) is 5.94. The third-order valence-electron chi connectivity index (χ3n) is 5.03. The van der Waals surface area contributed by atoms with Gasteiger partial charge in [0.15, 0.2) is 0 Å². The summed E-state index contributed by atoms with van der Waals surface area (Å²) in [6, 6.07) is 1.34. The lowest BCUT2D eigenvalue weighted by Gasteiger charge is -2.34. The van der Waals surface area contributed by atoms with E-state index in [2.05, 4.69) is 44.8 Å². The molecule has 1 fully saturated rings. The van der Waals surface area contributed by atoms with Crippen molar-refractivity contribution in [1.29, 1.82) is 0 Å². The van der Waals surface area contributed by atoms with Crippen molar-refractivity contribution in [2.75, 3.05) is 19.6 Å². The van der Waals surface area contributed by atoms with Gasteiger partial charge in [-0.05, 0) is 51.1 Å². The van der Waals surface area contributed by atoms with E-state index in [1.165, 1.54) is 38.8 Å². The fraction of sp³-hybridized carbons (Fsp3) is 1.00. The van der Waals surface area contributed by atoms with Crippen LogP contribution in [0, 0.1) is 5.41 Å². The van der Waals surface area contributed by atoms with Gasteiger partial charge in [-0.15, -0.1) is 0 Å². The predicted molar refractivity (Wildman–Crippen MR) is 76.4 cm³/mol. The van der Waals surface area contributed by atoms with Gasteiger partial charge in [0, 0.05) is 18.6 Å². The van der Waals surface area contributed by atoms with Gasteiger partial charge in [-0.25, -0.2) is 0 Å². The van der Waals surface area contributed by atoms with E-state index in [4.69, 9.17) is 0 Å². The van der Waals surface area contributed by atoms with Gasteiger partial charge in [0.1, 0.15) is 0 Å². The van der Waals surface area contributed by atoms with E-state index in [-0.39, 0.29) is 0 Å². The maximum absolute atomic E-state index is 3.63. The summed E-state index contributed by atoms with van der Waals surface area (Å²) in [5.74, 6) is 0. The molecule has 1 aliphatic heterocycles. The van der Waals surface area contributed by atoms with Gasteiger partial charge in [0.2, 0.25) is 0 Å². The van der Waals surface area contributed by atoms with Gasteiger partial charge in [-0.1, -0.05) is 27.7 Å². The monoisotopic (exact) mass is 240 g/mol. The van der Waals surface area contributed by atoms with Crippen molar-refractivity contribution >= 4 is 0 Å². The molecule has 2 atom stereocenters. The molecule has 0 spiro atoms. The van der Waals surface area contributed by atoms with E-state index >= 15 is 0 Å². The average molecular weight is 240 g/mol. The zero-order valence-corrected chi connectivity index (χ0v) is 12.6. The van der Waals surface area contributed by atoms with Crippen molar-refractivity contribution in [3.63, 3.8) is 0 Å². The largest absolute Gasteiger partial charge is 0.313 e. The number of nitrogens with zero attached hydrogens (tertiary/aromatic N) is 1. The van der Waals surface area contributed by atoms with Crippen molar-refractivity contribution in [2.45, 2.75) is 72.4 Å². The molecule has 1 saturated heterocycles. The Balaban J connectivity index is 2.57. The van der Waals surface area contributed by atoms with Crippen molar-refractivity contribution in [2.24, 2.45) is 5.41 Å². The van der Waals surface area contributed by atoms with Crippen LogP contribution in [0.5, 0.6) is 0 Å². The number of likely N-dealkylation sites (N-methyl/N-ethyl adjacent to an activating group) is 1. The Bertz CT molecular complexity index is 211. The Morgan fingerprint density at radius 2 is 1.82 bits per heavy atom. The zero-order chi connectivity index (χ0) is 12.9. The Hall–Kier alpha value is -0.0800. The summed E-state index contributed by atoms with van der Waals surface area (Å²) in [6.45, 7) is 15.3. The quantitative estimate of drug-likeness (QED) is 0.735. The minimum absolute atomic E-state index is 0.610. The summed E-state index contributed by atoms with van der Waals surface area (Å²) in [6.07, 6.45) is 5.30. The first-order valence-corrected chi connectivity index (χ1v) is 7.59. The maximum atomic E-state index is 3.63. The van der Waals surface area contributed by atoms with Crippen molar-refractivity contribution in [3.05, 3.63) is 0 Å². The number of likely N-dealkylation sites (tertiary alicyclic amines) is 1. The molecule has 1 rings (SSSR count). The number of nitrogens with one attached hydrogen (secondary N) is 1. The molecule has 1 heterocycles. The van der Waals surface area contributed by atoms with Gasteiger partial charge in [-0.2, -0.15) is 0 Å². The summed E-state index contributed by atoms with van der Waals surface area (Å²) in [7, 11) is 0. The topological polar surface area (TPSA) is 15.3 Å². The summed E-state index contributed by atoms with van der Waals surface area (Å²) in [5.41, 5.74) is 0.610. The van der Waals surface area contributed by atoms with Gasteiger partial charge in [0.05, 0.1) is 0 Å². The lowest BCUT2D eigenvalue weighted by molar-refractivity contribution is 0.170. The standard InChI is InChI=1S/C15H32N2/c1-6-14(16-9-4)13(5)17-11-10-15(7-2,8-3)12-17/h13-14,16H,6-12H2,1-5H3. The number of rotatable bonds is 7. The summed E-state index contributed by atoms with van der Waals surface area (Å²) < 4.78 is 0. The predicted octanol–water partition coefficient (Wildman–Crippen LogP) is 3.28. The van der Waals surface area contributed by atoms with E-state index in [1.807, 2.05) is 0 Å². The Morgan fingerprint density at radius 3 is 2.24 bits per heavy atom. The van der Waals surface area contributed by atoms with Crippen LogP contribution < -0.4 is 5.32 Å². The Morgan fingerprint density at radius 1 is 1.18 bits per heavy atom. The van der Waals surface area contributed by atoms with E-state index in [1.54, 1.807) is 0 Å². The highest BCUT2D eigenvalue weighted by Gasteiger charge is 2.37. The SMILES string of the molecule is CCNC(CC)C(C)N1CCC(CC)(CC)C1. The summed E-state index contributed by atoms with van der Waals surface area (Å²) in [5, 5.41) is 3.63. The van der Waals surface area contributed by atoms with Crippen molar-refractivity contribution in [3.8, 4) is 0 Å². The van der Waals surface area contributed by atoms with Crippen LogP contribution >= 0.6 is 0 Å². The molecule has 0 aromatic rings. The lowest BCUT2D eigenvalue weighted by Crippen LogP contribution is -2.47. The zero-order valence-electron chi connectivity index (χ0n) is 12.6. The maximum Gasteiger partial charge on any atom is 0.0221 e. The fourth-order valence-electron chi connectivity index (χ4n) is 3.32. The molecule has 0 aliphatic carbocycles.